The number of rotatable bonds is 2. The first-order chi connectivity index (χ1) is 5.33. The summed E-state index contributed by atoms with van der Waals surface area (Å²) in [6.45, 7) is 2.25. The van der Waals surface area contributed by atoms with E-state index in [9.17, 15) is 4.79 Å². The number of ether oxygens (including phenoxy) is 1. The van der Waals surface area contributed by atoms with Gasteiger partial charge >= 0.3 is 5.97 Å². The van der Waals surface area contributed by atoms with Crippen LogP contribution in [0.1, 0.15) is 26.2 Å². The second-order valence-corrected chi connectivity index (χ2v) is 2.58. The normalized spacial score (nSPS) is 15.0. The Morgan fingerprint density at radius 1 is 1.64 bits per heavy atom. The average molecular weight is 152 g/mol. The summed E-state index contributed by atoms with van der Waals surface area (Å²) in [7, 11) is 0. The van der Waals surface area contributed by atoms with E-state index in [2.05, 4.69) is 11.8 Å². The van der Waals surface area contributed by atoms with Gasteiger partial charge in [0, 0.05) is 5.92 Å². The highest BCUT2D eigenvalue weighted by atomic mass is 16.5. The van der Waals surface area contributed by atoms with E-state index >= 15 is 0 Å². The molecule has 1 fully saturated rings. The van der Waals surface area contributed by atoms with Gasteiger partial charge in [-0.15, -0.1) is 0 Å². The fourth-order valence-electron chi connectivity index (χ4n) is 0.707. The number of carbonyl (C=O) groups is 1. The molecule has 0 aliphatic heterocycles. The van der Waals surface area contributed by atoms with Gasteiger partial charge in [-0.3, -0.25) is 4.79 Å². The van der Waals surface area contributed by atoms with E-state index in [1.165, 1.54) is 12.8 Å². The third-order valence-corrected chi connectivity index (χ3v) is 1.42. The van der Waals surface area contributed by atoms with Gasteiger partial charge in [0.05, 0.1) is 6.61 Å². The van der Waals surface area contributed by atoms with Crippen molar-refractivity contribution in [2.75, 3.05) is 6.61 Å². The predicted molar refractivity (Wildman–Crippen MR) is 41.8 cm³/mol. The van der Waals surface area contributed by atoms with Crippen molar-refractivity contribution in [1.82, 2.24) is 0 Å². The summed E-state index contributed by atoms with van der Waals surface area (Å²) in [5, 5.41) is 0. The molecule has 11 heavy (non-hydrogen) atoms. The standard InChI is InChI=1S/C9H12O2/c1-2-11-9(10)5-3-4-8-6-7-8/h8H,2,5-7H2,1H3. The molecule has 0 heterocycles. The fourth-order valence-corrected chi connectivity index (χ4v) is 0.707. The molecule has 0 bridgehead atoms. The molecular weight excluding hydrogens is 140 g/mol. The lowest BCUT2D eigenvalue weighted by Crippen LogP contribution is -2.01. The number of carbonyl (C=O) groups excluding carboxylic acids is 1. The first-order valence-electron chi connectivity index (χ1n) is 3.97. The number of esters is 1. The Morgan fingerprint density at radius 2 is 2.36 bits per heavy atom. The predicted octanol–water partition coefficient (Wildman–Crippen LogP) is 1.35. The summed E-state index contributed by atoms with van der Waals surface area (Å²) >= 11 is 0. The van der Waals surface area contributed by atoms with Crippen LogP contribution in [0.15, 0.2) is 0 Å². The minimum Gasteiger partial charge on any atom is -0.465 e. The molecule has 60 valence electrons. The lowest BCUT2D eigenvalue weighted by Gasteiger charge is -1.94. The Balaban J connectivity index is 2.10. The molecule has 0 atom stereocenters. The Labute approximate surface area is 66.9 Å². The van der Waals surface area contributed by atoms with Crippen LogP contribution in [-0.4, -0.2) is 12.6 Å². The molecule has 0 aromatic heterocycles. The van der Waals surface area contributed by atoms with Crippen molar-refractivity contribution >= 4 is 5.97 Å². The monoisotopic (exact) mass is 152 g/mol. The van der Waals surface area contributed by atoms with Crippen molar-refractivity contribution in [2.45, 2.75) is 26.2 Å². The SMILES string of the molecule is CCOC(=O)CC#CC1CC1. The second kappa shape index (κ2) is 4.02. The zero-order valence-corrected chi connectivity index (χ0v) is 6.72. The third kappa shape index (κ3) is 3.67. The van der Waals surface area contributed by atoms with Crippen molar-refractivity contribution in [3.8, 4) is 11.8 Å². The molecule has 2 heteroatoms. The molecule has 2 nitrogen and oxygen atoms in total. The van der Waals surface area contributed by atoms with E-state index < -0.39 is 0 Å². The molecule has 1 saturated carbocycles. The summed E-state index contributed by atoms with van der Waals surface area (Å²) in [6.07, 6.45) is 2.66. The molecule has 0 unspecified atom stereocenters. The van der Waals surface area contributed by atoms with Crippen LogP contribution < -0.4 is 0 Å². The Morgan fingerprint density at radius 3 is 2.91 bits per heavy atom. The van der Waals surface area contributed by atoms with Crippen molar-refractivity contribution < 1.29 is 9.53 Å². The van der Waals surface area contributed by atoms with Crippen molar-refractivity contribution in [3.05, 3.63) is 0 Å². The van der Waals surface area contributed by atoms with Crippen LogP contribution in [0, 0.1) is 17.8 Å². The molecule has 0 radical (unpaired) electrons. The van der Waals surface area contributed by atoms with Gasteiger partial charge in [0.2, 0.25) is 0 Å². The van der Waals surface area contributed by atoms with Crippen molar-refractivity contribution in [3.63, 3.8) is 0 Å². The first-order valence-corrected chi connectivity index (χ1v) is 3.97. The maximum Gasteiger partial charge on any atom is 0.317 e. The molecular formula is C9H12O2. The molecule has 0 saturated heterocycles. The number of hydrogen-bond donors (Lipinski definition) is 0. The van der Waals surface area contributed by atoms with Crippen LogP contribution >= 0.6 is 0 Å². The maximum atomic E-state index is 10.7. The van der Waals surface area contributed by atoms with Crippen molar-refractivity contribution in [2.24, 2.45) is 5.92 Å². The summed E-state index contributed by atoms with van der Waals surface area (Å²) < 4.78 is 4.70. The van der Waals surface area contributed by atoms with Crippen LogP contribution in [0.25, 0.3) is 0 Å². The minimum absolute atomic E-state index is 0.208. The van der Waals surface area contributed by atoms with Crippen molar-refractivity contribution in [1.29, 1.82) is 0 Å². The zero-order chi connectivity index (χ0) is 8.10. The topological polar surface area (TPSA) is 26.3 Å². The lowest BCUT2D eigenvalue weighted by molar-refractivity contribution is -0.141. The van der Waals surface area contributed by atoms with Crippen LogP contribution in [0.2, 0.25) is 0 Å². The molecule has 1 aliphatic carbocycles. The van der Waals surface area contributed by atoms with Crippen LogP contribution in [0.3, 0.4) is 0 Å². The largest absolute Gasteiger partial charge is 0.465 e. The van der Waals surface area contributed by atoms with Crippen LogP contribution in [0.5, 0.6) is 0 Å². The van der Waals surface area contributed by atoms with E-state index in [0.717, 1.165) is 0 Å². The average Bonchev–Trinajstić information content (AvgIpc) is 2.72. The van der Waals surface area contributed by atoms with E-state index in [-0.39, 0.29) is 12.4 Å². The van der Waals surface area contributed by atoms with Gasteiger partial charge in [0.15, 0.2) is 0 Å². The maximum absolute atomic E-state index is 10.7. The van der Waals surface area contributed by atoms with Gasteiger partial charge in [0.1, 0.15) is 6.42 Å². The smallest absolute Gasteiger partial charge is 0.317 e. The molecule has 1 aliphatic rings. The highest BCUT2D eigenvalue weighted by Gasteiger charge is 2.17. The summed E-state index contributed by atoms with van der Waals surface area (Å²) in [6, 6.07) is 0. The number of hydrogen-bond acceptors (Lipinski definition) is 2. The van der Waals surface area contributed by atoms with E-state index in [0.29, 0.717) is 12.5 Å². The highest BCUT2D eigenvalue weighted by Crippen LogP contribution is 2.27. The molecule has 0 aromatic rings. The zero-order valence-electron chi connectivity index (χ0n) is 6.72. The van der Waals surface area contributed by atoms with Gasteiger partial charge in [-0.05, 0) is 19.8 Å². The second-order valence-electron chi connectivity index (χ2n) is 2.58. The highest BCUT2D eigenvalue weighted by molar-refractivity contribution is 5.72. The van der Waals surface area contributed by atoms with Crippen LogP contribution in [-0.2, 0) is 9.53 Å². The fraction of sp³-hybridized carbons (Fsp3) is 0.667. The van der Waals surface area contributed by atoms with E-state index in [1.807, 2.05) is 0 Å². The summed E-state index contributed by atoms with van der Waals surface area (Å²) in [5.41, 5.74) is 0. The first kappa shape index (κ1) is 8.13. The molecule has 0 amide bonds. The van der Waals surface area contributed by atoms with E-state index in [4.69, 9.17) is 4.74 Å². The molecule has 0 spiro atoms. The summed E-state index contributed by atoms with van der Waals surface area (Å²) in [4.78, 5) is 10.7. The lowest BCUT2D eigenvalue weighted by atomic mass is 10.3. The van der Waals surface area contributed by atoms with Gasteiger partial charge < -0.3 is 4.74 Å². The van der Waals surface area contributed by atoms with Crippen LogP contribution in [0.4, 0.5) is 0 Å². The Hall–Kier alpha value is -0.970. The van der Waals surface area contributed by atoms with Gasteiger partial charge in [-0.1, -0.05) is 11.8 Å². The Bertz CT molecular complexity index is 193. The Kier molecular flexibility index (Phi) is 2.97. The quantitative estimate of drug-likeness (QED) is 0.441. The summed E-state index contributed by atoms with van der Waals surface area (Å²) in [5.74, 6) is 6.17. The van der Waals surface area contributed by atoms with Gasteiger partial charge in [-0.25, -0.2) is 0 Å². The van der Waals surface area contributed by atoms with Gasteiger partial charge in [0.25, 0.3) is 0 Å². The molecule has 1 rings (SSSR count). The third-order valence-electron chi connectivity index (χ3n) is 1.42. The molecule has 0 aromatic carbocycles. The van der Waals surface area contributed by atoms with E-state index in [1.54, 1.807) is 6.92 Å². The minimum atomic E-state index is -0.208. The van der Waals surface area contributed by atoms with Gasteiger partial charge in [-0.2, -0.15) is 0 Å². The molecule has 0 N–H and O–H groups in total.